The van der Waals surface area contributed by atoms with E-state index in [4.69, 9.17) is 10.2 Å². The molecule has 0 saturated heterocycles. The Balaban J connectivity index is 3.79. The van der Waals surface area contributed by atoms with Gasteiger partial charge in [0, 0.05) is 31.4 Å². The maximum absolute atomic E-state index is 12.2. The molecule has 36 heavy (non-hydrogen) atoms. The van der Waals surface area contributed by atoms with E-state index >= 15 is 0 Å². The van der Waals surface area contributed by atoms with Gasteiger partial charge in [0.05, 0.1) is 6.61 Å². The van der Waals surface area contributed by atoms with Crippen molar-refractivity contribution < 1.29 is 29.4 Å². The molecule has 5 N–H and O–H groups in total. The van der Waals surface area contributed by atoms with E-state index in [1.165, 1.54) is 89.3 Å². The van der Waals surface area contributed by atoms with Crippen molar-refractivity contribution in [2.45, 2.75) is 116 Å². The number of aliphatic hydroxyl groups excluding tert-OH is 1. The van der Waals surface area contributed by atoms with Crippen LogP contribution in [0.3, 0.4) is 0 Å². The molecule has 0 aliphatic heterocycles. The fourth-order valence-electron chi connectivity index (χ4n) is 3.74. The molecule has 2 unspecified atom stereocenters. The second-order valence-electron chi connectivity index (χ2n) is 9.25. The van der Waals surface area contributed by atoms with Crippen molar-refractivity contribution in [3.05, 3.63) is 0 Å². The lowest BCUT2D eigenvalue weighted by molar-refractivity contribution is -0.143. The first-order chi connectivity index (χ1) is 17.3. The average molecular weight is 532 g/mol. The second-order valence-corrected chi connectivity index (χ2v) is 10.4. The molecule has 0 fully saturated rings. The normalized spacial score (nSPS) is 12.5. The van der Waals surface area contributed by atoms with Gasteiger partial charge in [-0.1, -0.05) is 84.0 Å². The molecule has 9 nitrogen and oxygen atoms in total. The number of carboxylic acid groups (broad SMARTS) is 1. The summed E-state index contributed by atoms with van der Waals surface area (Å²) in [7, 11) is 0. The van der Waals surface area contributed by atoms with Crippen LogP contribution in [0.4, 0.5) is 0 Å². The first-order valence-electron chi connectivity index (χ1n) is 13.6. The summed E-state index contributed by atoms with van der Waals surface area (Å²) in [6, 6.07) is -2.36. The van der Waals surface area contributed by atoms with Crippen molar-refractivity contribution >= 4 is 35.5 Å². The zero-order valence-electron chi connectivity index (χ0n) is 22.3. The van der Waals surface area contributed by atoms with Gasteiger partial charge in [-0.05, 0) is 6.42 Å². The largest absolute Gasteiger partial charge is 0.480 e. The van der Waals surface area contributed by atoms with E-state index < -0.39 is 36.5 Å². The Labute approximate surface area is 221 Å². The molecule has 3 amide bonds. The number of aliphatic carboxylic acids is 1. The van der Waals surface area contributed by atoms with E-state index in [0.29, 0.717) is 18.7 Å². The van der Waals surface area contributed by atoms with E-state index in [9.17, 15) is 19.2 Å². The van der Waals surface area contributed by atoms with Gasteiger partial charge in [0.15, 0.2) is 0 Å². The summed E-state index contributed by atoms with van der Waals surface area (Å²) in [6.07, 6.45) is 17.0. The molecule has 0 heterocycles. The van der Waals surface area contributed by atoms with Gasteiger partial charge in [0.2, 0.25) is 17.7 Å². The van der Waals surface area contributed by atoms with Gasteiger partial charge in [0.25, 0.3) is 0 Å². The number of carbonyl (C=O) groups is 4. The fourth-order valence-corrected chi connectivity index (χ4v) is 4.63. The van der Waals surface area contributed by atoms with Gasteiger partial charge >= 0.3 is 5.97 Å². The predicted octanol–water partition coefficient (Wildman–Crippen LogP) is 3.38. The Bertz CT molecular complexity index is 620. The summed E-state index contributed by atoms with van der Waals surface area (Å²) in [4.78, 5) is 46.6. The summed E-state index contributed by atoms with van der Waals surface area (Å²) in [5.74, 6) is -1.66. The van der Waals surface area contributed by atoms with Gasteiger partial charge in [-0.25, -0.2) is 4.79 Å². The van der Waals surface area contributed by atoms with Crippen LogP contribution in [0.1, 0.15) is 104 Å². The zero-order valence-corrected chi connectivity index (χ0v) is 23.1. The second kappa shape index (κ2) is 23.6. The number of nitrogens with one attached hydrogen (secondary N) is 3. The highest BCUT2D eigenvalue weighted by Crippen LogP contribution is 2.13. The van der Waals surface area contributed by atoms with Crippen LogP contribution in [0.5, 0.6) is 0 Å². The van der Waals surface area contributed by atoms with E-state index in [2.05, 4.69) is 22.9 Å². The van der Waals surface area contributed by atoms with Crippen LogP contribution in [-0.2, 0) is 19.2 Å². The third-order valence-electron chi connectivity index (χ3n) is 5.85. The first-order valence-corrected chi connectivity index (χ1v) is 14.7. The molecule has 0 radical (unpaired) electrons. The number of hydrogen-bond donors (Lipinski definition) is 5. The quantitative estimate of drug-likeness (QED) is 0.120. The number of thioether (sulfide) groups is 1. The van der Waals surface area contributed by atoms with Gasteiger partial charge in [0.1, 0.15) is 12.1 Å². The maximum Gasteiger partial charge on any atom is 0.328 e. The predicted molar refractivity (Wildman–Crippen MR) is 145 cm³/mol. The van der Waals surface area contributed by atoms with Crippen LogP contribution in [0.25, 0.3) is 0 Å². The summed E-state index contributed by atoms with van der Waals surface area (Å²) in [6.45, 7) is 3.22. The standard InChI is InChI=1S/C26H49N3O6S/c1-3-4-5-6-7-8-9-10-11-12-13-14-15-16-24(32)27-17-18-36-20-23(28-21(2)31)25(33)29-22(19-30)26(34)35/h22-23,30H,3-20H2,1-2H3,(H,27,32)(H,28,31)(H,29,33)(H,34,35). The summed E-state index contributed by atoms with van der Waals surface area (Å²) >= 11 is 1.36. The van der Waals surface area contributed by atoms with E-state index in [0.717, 1.165) is 12.8 Å². The monoisotopic (exact) mass is 531 g/mol. The smallest absolute Gasteiger partial charge is 0.328 e. The molecule has 210 valence electrons. The number of rotatable bonds is 24. The minimum absolute atomic E-state index is 0.0158. The number of unbranched alkanes of at least 4 members (excludes halogenated alkanes) is 12. The molecule has 2 atom stereocenters. The molecule has 0 aromatic heterocycles. The topological polar surface area (TPSA) is 145 Å². The molecule has 0 aliphatic rings. The Morgan fingerprint density at radius 1 is 0.778 bits per heavy atom. The number of carboxylic acids is 1. The van der Waals surface area contributed by atoms with Crippen LogP contribution in [-0.4, -0.2) is 70.6 Å². The molecule has 0 bridgehead atoms. The first kappa shape index (κ1) is 34.2. The Morgan fingerprint density at radius 2 is 1.31 bits per heavy atom. The Morgan fingerprint density at radius 3 is 1.78 bits per heavy atom. The molecular weight excluding hydrogens is 482 g/mol. The molecule has 0 aromatic carbocycles. The Kier molecular flexibility index (Phi) is 22.4. The van der Waals surface area contributed by atoms with Crippen LogP contribution in [0, 0.1) is 0 Å². The van der Waals surface area contributed by atoms with Crippen LogP contribution >= 0.6 is 11.8 Å². The minimum Gasteiger partial charge on any atom is -0.480 e. The lowest BCUT2D eigenvalue weighted by Crippen LogP contribution is -2.53. The van der Waals surface area contributed by atoms with Gasteiger partial charge in [-0.15, -0.1) is 0 Å². The van der Waals surface area contributed by atoms with Crippen molar-refractivity contribution in [2.24, 2.45) is 0 Å². The van der Waals surface area contributed by atoms with Crippen molar-refractivity contribution in [2.75, 3.05) is 24.7 Å². The fraction of sp³-hybridized carbons (Fsp3) is 0.846. The molecule has 0 spiro atoms. The highest BCUT2D eigenvalue weighted by atomic mass is 32.2. The van der Waals surface area contributed by atoms with E-state index in [1.807, 2.05) is 0 Å². The summed E-state index contributed by atoms with van der Waals surface area (Å²) < 4.78 is 0. The molecular formula is C26H49N3O6S. The van der Waals surface area contributed by atoms with E-state index in [-0.39, 0.29) is 11.7 Å². The third kappa shape index (κ3) is 20.4. The number of carbonyl (C=O) groups excluding carboxylic acids is 3. The van der Waals surface area contributed by atoms with Crippen molar-refractivity contribution in [3.8, 4) is 0 Å². The molecule has 0 rings (SSSR count). The van der Waals surface area contributed by atoms with E-state index in [1.54, 1.807) is 0 Å². The van der Waals surface area contributed by atoms with Crippen LogP contribution in [0.2, 0.25) is 0 Å². The van der Waals surface area contributed by atoms with Gasteiger partial charge in [-0.2, -0.15) is 11.8 Å². The maximum atomic E-state index is 12.2. The highest BCUT2D eigenvalue weighted by molar-refractivity contribution is 7.99. The van der Waals surface area contributed by atoms with Gasteiger partial charge < -0.3 is 26.2 Å². The van der Waals surface area contributed by atoms with Crippen molar-refractivity contribution in [1.82, 2.24) is 16.0 Å². The van der Waals surface area contributed by atoms with Crippen molar-refractivity contribution in [1.29, 1.82) is 0 Å². The molecule has 0 aromatic rings. The zero-order chi connectivity index (χ0) is 27.0. The minimum atomic E-state index is -1.43. The average Bonchev–Trinajstić information content (AvgIpc) is 2.83. The van der Waals surface area contributed by atoms with Crippen molar-refractivity contribution in [3.63, 3.8) is 0 Å². The van der Waals surface area contributed by atoms with Gasteiger partial charge in [-0.3, -0.25) is 14.4 Å². The lowest BCUT2D eigenvalue weighted by Gasteiger charge is -2.19. The Hall–Kier alpha value is -1.81. The van der Waals surface area contributed by atoms with Crippen LogP contribution < -0.4 is 16.0 Å². The third-order valence-corrected chi connectivity index (χ3v) is 6.91. The highest BCUT2D eigenvalue weighted by Gasteiger charge is 2.25. The number of aliphatic hydroxyl groups is 1. The molecule has 10 heteroatoms. The summed E-state index contributed by atoms with van der Waals surface area (Å²) in [5, 5.41) is 25.6. The summed E-state index contributed by atoms with van der Waals surface area (Å²) in [5.41, 5.74) is 0. The van der Waals surface area contributed by atoms with Crippen LogP contribution in [0.15, 0.2) is 0 Å². The molecule has 0 aliphatic carbocycles. The number of hydrogen-bond acceptors (Lipinski definition) is 6. The SMILES string of the molecule is CCCCCCCCCCCCCCCC(=O)NCCSCC(NC(C)=O)C(=O)NC(CO)C(=O)O. The number of amides is 3. The lowest BCUT2D eigenvalue weighted by atomic mass is 10.0. The molecule has 0 saturated carbocycles.